The largest absolute Gasteiger partial charge is 0.312 e. The summed E-state index contributed by atoms with van der Waals surface area (Å²) in [5, 5.41) is 3.79. The highest BCUT2D eigenvalue weighted by Gasteiger charge is 2.20. The molecule has 1 saturated heterocycles. The summed E-state index contributed by atoms with van der Waals surface area (Å²) in [6.07, 6.45) is 7.01. The van der Waals surface area contributed by atoms with Gasteiger partial charge in [0.15, 0.2) is 0 Å². The van der Waals surface area contributed by atoms with E-state index in [1.807, 2.05) is 0 Å². The molecule has 2 rings (SSSR count). The Labute approximate surface area is 113 Å². The van der Waals surface area contributed by atoms with Crippen molar-refractivity contribution in [2.45, 2.75) is 45.1 Å². The highest BCUT2D eigenvalue weighted by molar-refractivity contribution is 4.78. The Kier molecular flexibility index (Phi) is 5.93. The molecule has 2 aliphatic rings. The van der Waals surface area contributed by atoms with Gasteiger partial charge in [0, 0.05) is 32.2 Å². The normalized spacial score (nSPS) is 32.3. The summed E-state index contributed by atoms with van der Waals surface area (Å²) >= 11 is 0. The van der Waals surface area contributed by atoms with Crippen LogP contribution in [-0.2, 0) is 0 Å². The van der Waals surface area contributed by atoms with Gasteiger partial charge in [-0.2, -0.15) is 0 Å². The molecule has 1 saturated carbocycles. The quantitative estimate of drug-likeness (QED) is 0.824. The summed E-state index contributed by atoms with van der Waals surface area (Å²) in [5.41, 5.74) is 0. The van der Waals surface area contributed by atoms with E-state index in [2.05, 4.69) is 29.1 Å². The lowest BCUT2D eigenvalue weighted by atomic mass is 9.86. The van der Waals surface area contributed by atoms with Gasteiger partial charge in [0.1, 0.15) is 0 Å². The lowest BCUT2D eigenvalue weighted by Crippen LogP contribution is -2.42. The fourth-order valence-corrected chi connectivity index (χ4v) is 3.35. The summed E-state index contributed by atoms with van der Waals surface area (Å²) in [4.78, 5) is 5.08. The molecule has 0 aromatic heterocycles. The van der Waals surface area contributed by atoms with Crippen molar-refractivity contribution in [3.05, 3.63) is 0 Å². The minimum Gasteiger partial charge on any atom is -0.312 e. The maximum Gasteiger partial charge on any atom is 0.0110 e. The molecule has 0 aromatic rings. The average molecular weight is 253 g/mol. The summed E-state index contributed by atoms with van der Waals surface area (Å²) in [7, 11) is 2.24. The summed E-state index contributed by atoms with van der Waals surface area (Å²) < 4.78 is 0. The first-order valence-electron chi connectivity index (χ1n) is 7.90. The number of nitrogens with zero attached hydrogens (tertiary/aromatic N) is 2. The second-order valence-corrected chi connectivity index (χ2v) is 6.32. The predicted octanol–water partition coefficient (Wildman–Crippen LogP) is 1.79. The van der Waals surface area contributed by atoms with Crippen LogP contribution in [0, 0.1) is 5.92 Å². The number of rotatable bonds is 4. The minimum absolute atomic E-state index is 0.786. The molecule has 3 heteroatoms. The van der Waals surface area contributed by atoms with Gasteiger partial charge >= 0.3 is 0 Å². The van der Waals surface area contributed by atoms with Crippen LogP contribution in [0.3, 0.4) is 0 Å². The molecule has 2 unspecified atom stereocenters. The fourth-order valence-electron chi connectivity index (χ4n) is 3.35. The third kappa shape index (κ3) is 4.52. The number of hydrogen-bond acceptors (Lipinski definition) is 3. The van der Waals surface area contributed by atoms with E-state index in [-0.39, 0.29) is 0 Å². The summed E-state index contributed by atoms with van der Waals surface area (Å²) in [6.45, 7) is 9.86. The van der Waals surface area contributed by atoms with Gasteiger partial charge in [-0.1, -0.05) is 19.8 Å². The first-order chi connectivity index (χ1) is 8.75. The molecule has 18 heavy (non-hydrogen) atoms. The van der Waals surface area contributed by atoms with E-state index in [0.717, 1.165) is 12.0 Å². The monoisotopic (exact) mass is 253 g/mol. The van der Waals surface area contributed by atoms with Crippen LogP contribution in [0.25, 0.3) is 0 Å². The van der Waals surface area contributed by atoms with Crippen molar-refractivity contribution in [2.24, 2.45) is 5.92 Å². The van der Waals surface area contributed by atoms with Gasteiger partial charge in [-0.3, -0.25) is 0 Å². The molecule has 1 aliphatic heterocycles. The second kappa shape index (κ2) is 7.46. The van der Waals surface area contributed by atoms with Crippen molar-refractivity contribution < 1.29 is 0 Å². The molecular formula is C15H31N3. The Morgan fingerprint density at radius 1 is 1.00 bits per heavy atom. The zero-order valence-electron chi connectivity index (χ0n) is 12.3. The molecule has 1 N–H and O–H groups in total. The van der Waals surface area contributed by atoms with E-state index in [4.69, 9.17) is 0 Å². The van der Waals surface area contributed by atoms with Crippen molar-refractivity contribution in [3.8, 4) is 0 Å². The fraction of sp³-hybridized carbons (Fsp3) is 1.00. The highest BCUT2D eigenvalue weighted by Crippen LogP contribution is 2.23. The molecule has 3 nitrogen and oxygen atoms in total. The Hall–Kier alpha value is -0.120. The van der Waals surface area contributed by atoms with E-state index >= 15 is 0 Å². The van der Waals surface area contributed by atoms with Gasteiger partial charge in [0.2, 0.25) is 0 Å². The molecule has 0 spiro atoms. The predicted molar refractivity (Wildman–Crippen MR) is 78.0 cm³/mol. The Bertz CT molecular complexity index is 232. The third-order valence-corrected chi connectivity index (χ3v) is 4.76. The van der Waals surface area contributed by atoms with Crippen molar-refractivity contribution in [1.82, 2.24) is 15.1 Å². The Morgan fingerprint density at radius 2 is 1.83 bits per heavy atom. The lowest BCUT2D eigenvalue weighted by Gasteiger charge is -2.30. The van der Waals surface area contributed by atoms with E-state index in [9.17, 15) is 0 Å². The third-order valence-electron chi connectivity index (χ3n) is 4.76. The number of likely N-dealkylation sites (N-methyl/N-ethyl adjacent to an activating group) is 1. The first kappa shape index (κ1) is 14.3. The number of hydrogen-bond donors (Lipinski definition) is 1. The minimum atomic E-state index is 0.786. The van der Waals surface area contributed by atoms with Gasteiger partial charge in [-0.15, -0.1) is 0 Å². The van der Waals surface area contributed by atoms with Crippen molar-refractivity contribution in [3.63, 3.8) is 0 Å². The van der Waals surface area contributed by atoms with E-state index < -0.39 is 0 Å². The number of nitrogens with one attached hydrogen (secondary N) is 1. The second-order valence-electron chi connectivity index (χ2n) is 6.32. The van der Waals surface area contributed by atoms with E-state index in [0.29, 0.717) is 0 Å². The smallest absolute Gasteiger partial charge is 0.0110 e. The topological polar surface area (TPSA) is 18.5 Å². The molecule has 1 aliphatic carbocycles. The molecule has 2 fully saturated rings. The first-order valence-corrected chi connectivity index (χ1v) is 7.90. The lowest BCUT2D eigenvalue weighted by molar-refractivity contribution is 0.243. The molecule has 2 atom stereocenters. The molecule has 1 heterocycles. The van der Waals surface area contributed by atoms with E-state index in [1.165, 1.54) is 71.4 Å². The van der Waals surface area contributed by atoms with Crippen LogP contribution in [0.15, 0.2) is 0 Å². The molecule has 0 aromatic carbocycles. The van der Waals surface area contributed by atoms with Crippen LogP contribution >= 0.6 is 0 Å². The molecular weight excluding hydrogens is 222 g/mol. The molecule has 0 bridgehead atoms. The van der Waals surface area contributed by atoms with Crippen LogP contribution < -0.4 is 5.32 Å². The van der Waals surface area contributed by atoms with Crippen molar-refractivity contribution in [2.75, 3.05) is 46.3 Å². The summed E-state index contributed by atoms with van der Waals surface area (Å²) in [6, 6.07) is 0.786. The Morgan fingerprint density at radius 3 is 2.67 bits per heavy atom. The van der Waals surface area contributed by atoms with Gasteiger partial charge in [-0.25, -0.2) is 0 Å². The van der Waals surface area contributed by atoms with Crippen LogP contribution in [0.4, 0.5) is 0 Å². The Balaban J connectivity index is 1.62. The van der Waals surface area contributed by atoms with Crippen molar-refractivity contribution >= 4 is 0 Å². The van der Waals surface area contributed by atoms with Crippen LogP contribution in [0.2, 0.25) is 0 Å². The van der Waals surface area contributed by atoms with Crippen LogP contribution in [0.5, 0.6) is 0 Å². The molecule has 106 valence electrons. The van der Waals surface area contributed by atoms with Crippen LogP contribution in [-0.4, -0.2) is 62.2 Å². The van der Waals surface area contributed by atoms with Crippen LogP contribution in [0.1, 0.15) is 39.0 Å². The SMILES string of the molecule is CC1CCCCC1NCCN1CCCN(C)CC1. The highest BCUT2D eigenvalue weighted by atomic mass is 15.2. The van der Waals surface area contributed by atoms with Gasteiger partial charge < -0.3 is 15.1 Å². The standard InChI is InChI=1S/C15H31N3/c1-14-6-3-4-7-15(14)16-8-11-18-10-5-9-17(2)12-13-18/h14-16H,3-13H2,1-2H3. The van der Waals surface area contributed by atoms with Gasteiger partial charge in [-0.05, 0) is 45.3 Å². The maximum absolute atomic E-state index is 3.79. The maximum atomic E-state index is 3.79. The van der Waals surface area contributed by atoms with Gasteiger partial charge in [0.05, 0.1) is 0 Å². The van der Waals surface area contributed by atoms with Crippen molar-refractivity contribution in [1.29, 1.82) is 0 Å². The zero-order chi connectivity index (χ0) is 12.8. The molecule has 0 radical (unpaired) electrons. The van der Waals surface area contributed by atoms with E-state index in [1.54, 1.807) is 0 Å². The summed E-state index contributed by atoms with van der Waals surface area (Å²) in [5.74, 6) is 0.883. The van der Waals surface area contributed by atoms with Gasteiger partial charge in [0.25, 0.3) is 0 Å². The average Bonchev–Trinajstić information content (AvgIpc) is 2.57. The molecule has 0 amide bonds. The zero-order valence-corrected chi connectivity index (χ0v) is 12.3.